The van der Waals surface area contributed by atoms with Crippen LogP contribution in [0.5, 0.6) is 0 Å². The molecule has 0 radical (unpaired) electrons. The van der Waals surface area contributed by atoms with E-state index in [9.17, 15) is 18.0 Å². The third-order valence-electron chi connectivity index (χ3n) is 4.92. The molecule has 2 aromatic carbocycles. The smallest absolute Gasteiger partial charge is 0.331 e. The number of esters is 1. The topological polar surface area (TPSA) is 92.8 Å². The van der Waals surface area contributed by atoms with E-state index in [0.29, 0.717) is 30.8 Å². The summed E-state index contributed by atoms with van der Waals surface area (Å²) in [5.41, 5.74) is 2.38. The first kappa shape index (κ1) is 22.6. The number of unbranched alkanes of at least 4 members (excludes halogenated alkanes) is 1. The Labute approximate surface area is 182 Å². The second-order valence-corrected chi connectivity index (χ2v) is 9.03. The summed E-state index contributed by atoms with van der Waals surface area (Å²) >= 11 is 0. The zero-order valence-corrected chi connectivity index (χ0v) is 18.2. The van der Waals surface area contributed by atoms with Crippen molar-refractivity contribution in [1.29, 1.82) is 0 Å². The standard InChI is InChI=1S/C23H26N2O5S/c1-2-3-15-24-22(26)17-30-23(27)13-10-18-8-11-20(12-9-18)31(28,29)25-16-14-19-6-4-5-7-21(19)25/h4-13H,2-3,14-17H2,1H3,(H,24,26)/b13-10+. The van der Waals surface area contributed by atoms with Crippen molar-refractivity contribution in [3.8, 4) is 0 Å². The lowest BCUT2D eigenvalue weighted by Gasteiger charge is -2.19. The first-order chi connectivity index (χ1) is 14.9. The predicted molar refractivity (Wildman–Crippen MR) is 119 cm³/mol. The summed E-state index contributed by atoms with van der Waals surface area (Å²) in [6, 6.07) is 13.8. The van der Waals surface area contributed by atoms with E-state index >= 15 is 0 Å². The molecular formula is C23H26N2O5S. The number of para-hydroxylation sites is 1. The lowest BCUT2D eigenvalue weighted by Crippen LogP contribution is -2.29. The second-order valence-electron chi connectivity index (χ2n) is 7.17. The van der Waals surface area contributed by atoms with Gasteiger partial charge in [-0.1, -0.05) is 43.7 Å². The highest BCUT2D eigenvalue weighted by atomic mass is 32.2. The minimum absolute atomic E-state index is 0.188. The van der Waals surface area contributed by atoms with Crippen LogP contribution in [0, 0.1) is 0 Å². The molecule has 0 aliphatic carbocycles. The van der Waals surface area contributed by atoms with Crippen molar-refractivity contribution in [3.63, 3.8) is 0 Å². The summed E-state index contributed by atoms with van der Waals surface area (Å²) < 4.78 is 32.3. The van der Waals surface area contributed by atoms with E-state index in [-0.39, 0.29) is 17.4 Å². The van der Waals surface area contributed by atoms with Gasteiger partial charge in [-0.3, -0.25) is 9.10 Å². The van der Waals surface area contributed by atoms with Crippen LogP contribution in [0.1, 0.15) is 30.9 Å². The molecule has 1 amide bonds. The number of nitrogens with one attached hydrogen (secondary N) is 1. The van der Waals surface area contributed by atoms with Gasteiger partial charge in [-0.15, -0.1) is 0 Å². The number of amides is 1. The van der Waals surface area contributed by atoms with Crippen LogP contribution in [0.2, 0.25) is 0 Å². The predicted octanol–water partition coefficient (Wildman–Crippen LogP) is 2.91. The van der Waals surface area contributed by atoms with Crippen molar-refractivity contribution in [3.05, 3.63) is 65.7 Å². The molecule has 8 heteroatoms. The van der Waals surface area contributed by atoms with Crippen LogP contribution in [0.25, 0.3) is 6.08 Å². The number of benzene rings is 2. The number of fused-ring (bicyclic) bond motifs is 1. The molecule has 0 fully saturated rings. The molecule has 0 saturated heterocycles. The lowest BCUT2D eigenvalue weighted by molar-refractivity contribution is -0.143. The maximum absolute atomic E-state index is 13.0. The largest absolute Gasteiger partial charge is 0.452 e. The molecule has 7 nitrogen and oxygen atoms in total. The first-order valence-corrected chi connectivity index (χ1v) is 11.7. The number of nitrogens with zero attached hydrogens (tertiary/aromatic N) is 1. The lowest BCUT2D eigenvalue weighted by atomic mass is 10.2. The molecule has 31 heavy (non-hydrogen) atoms. The molecular weight excluding hydrogens is 416 g/mol. The molecule has 1 aliphatic heterocycles. The van der Waals surface area contributed by atoms with Gasteiger partial charge in [0.15, 0.2) is 6.61 Å². The quantitative estimate of drug-likeness (QED) is 0.366. The van der Waals surface area contributed by atoms with Crippen molar-refractivity contribution in [2.45, 2.75) is 31.1 Å². The van der Waals surface area contributed by atoms with Crippen LogP contribution < -0.4 is 9.62 Å². The highest BCUT2D eigenvalue weighted by molar-refractivity contribution is 7.92. The average molecular weight is 443 g/mol. The Morgan fingerprint density at radius 3 is 2.61 bits per heavy atom. The number of hydrogen-bond acceptors (Lipinski definition) is 5. The molecule has 1 heterocycles. The summed E-state index contributed by atoms with van der Waals surface area (Å²) in [5.74, 6) is -0.982. The maximum atomic E-state index is 13.0. The van der Waals surface area contributed by atoms with Crippen molar-refractivity contribution >= 4 is 33.7 Å². The summed E-state index contributed by atoms with van der Waals surface area (Å²) in [6.07, 6.45) is 5.25. The highest BCUT2D eigenvalue weighted by Crippen LogP contribution is 2.32. The van der Waals surface area contributed by atoms with Crippen molar-refractivity contribution in [2.75, 3.05) is 24.0 Å². The molecule has 0 bridgehead atoms. The average Bonchev–Trinajstić information content (AvgIpc) is 3.22. The van der Waals surface area contributed by atoms with Gasteiger partial charge in [-0.05, 0) is 48.2 Å². The summed E-state index contributed by atoms with van der Waals surface area (Å²) in [5, 5.41) is 2.66. The van der Waals surface area contributed by atoms with Gasteiger partial charge in [-0.2, -0.15) is 0 Å². The Kier molecular flexibility index (Phi) is 7.46. The van der Waals surface area contributed by atoms with Crippen LogP contribution >= 0.6 is 0 Å². The minimum atomic E-state index is -3.65. The van der Waals surface area contributed by atoms with Gasteiger partial charge in [0.2, 0.25) is 0 Å². The van der Waals surface area contributed by atoms with Crippen molar-refractivity contribution in [1.82, 2.24) is 5.32 Å². The number of sulfonamides is 1. The zero-order chi connectivity index (χ0) is 22.3. The van der Waals surface area contributed by atoms with Gasteiger partial charge in [0, 0.05) is 19.2 Å². The number of anilines is 1. The number of carbonyl (C=O) groups excluding carboxylic acids is 2. The van der Waals surface area contributed by atoms with Gasteiger partial charge < -0.3 is 10.1 Å². The van der Waals surface area contributed by atoms with Crippen molar-refractivity contribution in [2.24, 2.45) is 0 Å². The molecule has 0 atom stereocenters. The van der Waals surface area contributed by atoms with E-state index in [2.05, 4.69) is 5.32 Å². The van der Waals surface area contributed by atoms with Crippen LogP contribution in [0.3, 0.4) is 0 Å². The normalized spacial score (nSPS) is 13.3. The zero-order valence-electron chi connectivity index (χ0n) is 17.4. The molecule has 164 valence electrons. The van der Waals surface area contributed by atoms with E-state index in [1.165, 1.54) is 28.6 Å². The Hall–Kier alpha value is -3.13. The SMILES string of the molecule is CCCCNC(=O)COC(=O)/C=C/c1ccc(S(=O)(=O)N2CCc3ccccc32)cc1. The Bertz CT molecular complexity index is 1060. The fraction of sp³-hybridized carbons (Fsp3) is 0.304. The summed E-state index contributed by atoms with van der Waals surface area (Å²) in [4.78, 5) is 23.5. The molecule has 0 unspecified atom stereocenters. The minimum Gasteiger partial charge on any atom is -0.452 e. The molecule has 0 aromatic heterocycles. The Morgan fingerprint density at radius 2 is 1.87 bits per heavy atom. The van der Waals surface area contributed by atoms with Crippen LogP contribution in [0.4, 0.5) is 5.69 Å². The number of hydrogen-bond donors (Lipinski definition) is 1. The number of rotatable bonds is 9. The summed E-state index contributed by atoms with van der Waals surface area (Å²) in [6.45, 7) is 2.66. The molecule has 1 N–H and O–H groups in total. The van der Waals surface area contributed by atoms with E-state index in [4.69, 9.17) is 4.74 Å². The van der Waals surface area contributed by atoms with Gasteiger partial charge in [0.1, 0.15) is 0 Å². The highest BCUT2D eigenvalue weighted by Gasteiger charge is 2.30. The third-order valence-corrected chi connectivity index (χ3v) is 6.75. The van der Waals surface area contributed by atoms with Gasteiger partial charge in [0.05, 0.1) is 10.6 Å². The molecule has 3 rings (SSSR count). The fourth-order valence-corrected chi connectivity index (χ4v) is 4.74. The third kappa shape index (κ3) is 5.73. The number of carbonyl (C=O) groups is 2. The molecule has 2 aromatic rings. The van der Waals surface area contributed by atoms with Crippen LogP contribution in [0.15, 0.2) is 59.5 Å². The van der Waals surface area contributed by atoms with Gasteiger partial charge >= 0.3 is 5.97 Å². The molecule has 1 aliphatic rings. The van der Waals surface area contributed by atoms with E-state index < -0.39 is 16.0 Å². The van der Waals surface area contributed by atoms with E-state index in [0.717, 1.165) is 18.4 Å². The van der Waals surface area contributed by atoms with Crippen LogP contribution in [-0.4, -0.2) is 40.0 Å². The summed E-state index contributed by atoms with van der Waals surface area (Å²) in [7, 11) is -3.65. The van der Waals surface area contributed by atoms with Gasteiger partial charge in [-0.25, -0.2) is 13.2 Å². The first-order valence-electron chi connectivity index (χ1n) is 10.2. The van der Waals surface area contributed by atoms with Crippen molar-refractivity contribution < 1.29 is 22.7 Å². The van der Waals surface area contributed by atoms with E-state index in [1.54, 1.807) is 12.1 Å². The second kappa shape index (κ2) is 10.3. The maximum Gasteiger partial charge on any atom is 0.331 e. The Morgan fingerprint density at radius 1 is 1.13 bits per heavy atom. The van der Waals surface area contributed by atoms with E-state index in [1.807, 2.05) is 31.2 Å². The molecule has 0 saturated carbocycles. The van der Waals surface area contributed by atoms with Crippen LogP contribution in [-0.2, 0) is 30.8 Å². The Balaban J connectivity index is 1.58. The molecule has 0 spiro atoms. The monoisotopic (exact) mass is 442 g/mol. The fourth-order valence-electron chi connectivity index (χ4n) is 3.24. The van der Waals surface area contributed by atoms with Gasteiger partial charge in [0.25, 0.3) is 15.9 Å². The number of ether oxygens (including phenoxy) is 1.